The van der Waals surface area contributed by atoms with Crippen molar-refractivity contribution in [1.29, 1.82) is 0 Å². The molecule has 0 aliphatic carbocycles. The number of benzene rings is 3. The average Bonchev–Trinajstić information content (AvgIpc) is 2.51. The zero-order valence-electron chi connectivity index (χ0n) is 12.5. The number of fused-ring (bicyclic) bond motifs is 1. The van der Waals surface area contributed by atoms with Crippen molar-refractivity contribution in [1.82, 2.24) is 0 Å². The molecule has 0 heterocycles. The van der Waals surface area contributed by atoms with Gasteiger partial charge in [-0.05, 0) is 43.0 Å². The van der Waals surface area contributed by atoms with Gasteiger partial charge in [0.25, 0.3) is 0 Å². The molecular formula is C19H20N2. The molecule has 3 aromatic rings. The van der Waals surface area contributed by atoms with E-state index < -0.39 is 0 Å². The smallest absolute Gasteiger partial charge is 0.0490 e. The van der Waals surface area contributed by atoms with Gasteiger partial charge < -0.3 is 10.6 Å². The summed E-state index contributed by atoms with van der Waals surface area (Å²) in [6.45, 7) is 5.20. The molecule has 0 saturated carbocycles. The van der Waals surface area contributed by atoms with Crippen molar-refractivity contribution in [3.05, 3.63) is 66.2 Å². The van der Waals surface area contributed by atoms with Crippen LogP contribution >= 0.6 is 0 Å². The topological polar surface area (TPSA) is 29.3 Å². The van der Waals surface area contributed by atoms with Crippen molar-refractivity contribution in [3.8, 4) is 0 Å². The van der Waals surface area contributed by atoms with Crippen molar-refractivity contribution in [2.75, 3.05) is 17.2 Å². The van der Waals surface area contributed by atoms with Crippen molar-refractivity contribution >= 4 is 27.8 Å². The van der Waals surface area contributed by atoms with Crippen LogP contribution in [0.2, 0.25) is 0 Å². The Labute approximate surface area is 125 Å². The molecule has 0 spiro atoms. The second-order valence-electron chi connectivity index (χ2n) is 5.29. The lowest BCUT2D eigenvalue weighted by Gasteiger charge is -2.27. The van der Waals surface area contributed by atoms with E-state index >= 15 is 0 Å². The van der Waals surface area contributed by atoms with Gasteiger partial charge in [0.1, 0.15) is 0 Å². The first-order valence-corrected chi connectivity index (χ1v) is 7.32. The lowest BCUT2D eigenvalue weighted by molar-refractivity contribution is 1.02. The van der Waals surface area contributed by atoms with E-state index in [0.717, 1.165) is 12.2 Å². The standard InChI is InChI=1S/C19H20N2/c1-3-21(19-13-16(20)12-11-14(19)2)18-10-6-8-15-7-4-5-9-17(15)18/h4-13H,3,20H2,1-2H3. The lowest BCUT2D eigenvalue weighted by atomic mass is 10.1. The zero-order valence-corrected chi connectivity index (χ0v) is 12.5. The Bertz CT molecular complexity index is 772. The molecule has 0 aromatic heterocycles. The van der Waals surface area contributed by atoms with Crippen molar-refractivity contribution in [2.45, 2.75) is 13.8 Å². The summed E-state index contributed by atoms with van der Waals surface area (Å²) >= 11 is 0. The fourth-order valence-corrected chi connectivity index (χ4v) is 2.83. The van der Waals surface area contributed by atoms with Gasteiger partial charge in [-0.15, -0.1) is 0 Å². The molecule has 2 nitrogen and oxygen atoms in total. The first kappa shape index (κ1) is 13.5. The first-order chi connectivity index (χ1) is 10.2. The van der Waals surface area contributed by atoms with Gasteiger partial charge in [-0.25, -0.2) is 0 Å². The maximum atomic E-state index is 5.98. The van der Waals surface area contributed by atoms with Gasteiger partial charge in [-0.2, -0.15) is 0 Å². The van der Waals surface area contributed by atoms with E-state index in [9.17, 15) is 0 Å². The zero-order chi connectivity index (χ0) is 14.8. The maximum absolute atomic E-state index is 5.98. The summed E-state index contributed by atoms with van der Waals surface area (Å²) in [4.78, 5) is 2.33. The second kappa shape index (κ2) is 5.49. The third-order valence-electron chi connectivity index (χ3n) is 3.90. The van der Waals surface area contributed by atoms with Crippen LogP contribution < -0.4 is 10.6 Å². The van der Waals surface area contributed by atoms with Crippen molar-refractivity contribution in [2.24, 2.45) is 0 Å². The third kappa shape index (κ3) is 2.45. The van der Waals surface area contributed by atoms with Crippen molar-refractivity contribution < 1.29 is 0 Å². The largest absolute Gasteiger partial charge is 0.399 e. The number of nitrogens with two attached hydrogens (primary N) is 1. The van der Waals surface area contributed by atoms with E-state index in [1.165, 1.54) is 27.7 Å². The number of hydrogen-bond acceptors (Lipinski definition) is 2. The molecule has 0 atom stereocenters. The number of nitrogen functional groups attached to an aromatic ring is 1. The molecule has 2 heteroatoms. The van der Waals surface area contributed by atoms with E-state index in [-0.39, 0.29) is 0 Å². The number of aryl methyl sites for hydroxylation is 1. The van der Waals surface area contributed by atoms with Crippen LogP contribution in [0.4, 0.5) is 17.1 Å². The number of nitrogens with zero attached hydrogens (tertiary/aromatic N) is 1. The summed E-state index contributed by atoms with van der Waals surface area (Å²) in [5.74, 6) is 0. The minimum atomic E-state index is 0.800. The summed E-state index contributed by atoms with van der Waals surface area (Å²) in [6, 6.07) is 21.0. The van der Waals surface area contributed by atoms with Gasteiger partial charge in [0.05, 0.1) is 0 Å². The minimum Gasteiger partial charge on any atom is -0.399 e. The predicted octanol–water partition coefficient (Wildman–Crippen LogP) is 4.89. The van der Waals surface area contributed by atoms with Crippen LogP contribution in [0, 0.1) is 6.92 Å². The summed E-state index contributed by atoms with van der Waals surface area (Å²) < 4.78 is 0. The Morgan fingerprint density at radius 1 is 0.905 bits per heavy atom. The minimum absolute atomic E-state index is 0.800. The van der Waals surface area contributed by atoms with E-state index in [1.54, 1.807) is 0 Å². The van der Waals surface area contributed by atoms with E-state index in [2.05, 4.69) is 73.3 Å². The molecule has 106 valence electrons. The molecule has 2 N–H and O–H groups in total. The normalized spacial score (nSPS) is 10.8. The third-order valence-corrected chi connectivity index (χ3v) is 3.90. The number of hydrogen-bond donors (Lipinski definition) is 1. The predicted molar refractivity (Wildman–Crippen MR) is 92.2 cm³/mol. The maximum Gasteiger partial charge on any atom is 0.0490 e. The van der Waals surface area contributed by atoms with E-state index in [0.29, 0.717) is 0 Å². The molecule has 3 rings (SSSR count). The van der Waals surface area contributed by atoms with Gasteiger partial charge in [0.15, 0.2) is 0 Å². The van der Waals surface area contributed by atoms with Gasteiger partial charge in [0, 0.05) is 29.0 Å². The monoisotopic (exact) mass is 276 g/mol. The van der Waals surface area contributed by atoms with E-state index in [1.807, 2.05) is 6.07 Å². The number of anilines is 3. The molecular weight excluding hydrogens is 256 g/mol. The van der Waals surface area contributed by atoms with Crippen LogP contribution in [0.1, 0.15) is 12.5 Å². The van der Waals surface area contributed by atoms with Crippen LogP contribution in [0.15, 0.2) is 60.7 Å². The Morgan fingerprint density at radius 2 is 1.67 bits per heavy atom. The Balaban J connectivity index is 2.21. The molecule has 0 bridgehead atoms. The number of rotatable bonds is 3. The van der Waals surface area contributed by atoms with Crippen molar-refractivity contribution in [3.63, 3.8) is 0 Å². The highest BCUT2D eigenvalue weighted by atomic mass is 15.1. The van der Waals surface area contributed by atoms with Crippen LogP contribution in [0.25, 0.3) is 10.8 Å². The van der Waals surface area contributed by atoms with Crippen LogP contribution in [-0.2, 0) is 0 Å². The van der Waals surface area contributed by atoms with Gasteiger partial charge >= 0.3 is 0 Å². The highest BCUT2D eigenvalue weighted by Gasteiger charge is 2.12. The Hall–Kier alpha value is -2.48. The summed E-state index contributed by atoms with van der Waals surface area (Å²) in [6.07, 6.45) is 0. The van der Waals surface area contributed by atoms with Gasteiger partial charge in [-0.1, -0.05) is 42.5 Å². The second-order valence-corrected chi connectivity index (χ2v) is 5.29. The summed E-state index contributed by atoms with van der Waals surface area (Å²) in [7, 11) is 0. The molecule has 3 aromatic carbocycles. The van der Waals surface area contributed by atoms with Crippen LogP contribution in [0.5, 0.6) is 0 Å². The summed E-state index contributed by atoms with van der Waals surface area (Å²) in [5.41, 5.74) is 10.4. The van der Waals surface area contributed by atoms with Crippen LogP contribution in [0.3, 0.4) is 0 Å². The fourth-order valence-electron chi connectivity index (χ4n) is 2.83. The molecule has 0 radical (unpaired) electrons. The average molecular weight is 276 g/mol. The molecule has 21 heavy (non-hydrogen) atoms. The SMILES string of the molecule is CCN(c1cc(N)ccc1C)c1cccc2ccccc12. The highest BCUT2D eigenvalue weighted by Crippen LogP contribution is 2.34. The quantitative estimate of drug-likeness (QED) is 0.690. The summed E-state index contributed by atoms with van der Waals surface area (Å²) in [5, 5.41) is 2.53. The van der Waals surface area contributed by atoms with E-state index in [4.69, 9.17) is 5.73 Å². The van der Waals surface area contributed by atoms with Gasteiger partial charge in [-0.3, -0.25) is 0 Å². The van der Waals surface area contributed by atoms with Crippen LogP contribution in [-0.4, -0.2) is 6.54 Å². The lowest BCUT2D eigenvalue weighted by Crippen LogP contribution is -2.17. The molecule has 0 aliphatic heterocycles. The Morgan fingerprint density at radius 3 is 2.48 bits per heavy atom. The highest BCUT2D eigenvalue weighted by molar-refractivity contribution is 5.96. The molecule has 0 saturated heterocycles. The molecule has 0 amide bonds. The Kier molecular flexibility index (Phi) is 3.53. The molecule has 0 fully saturated rings. The van der Waals surface area contributed by atoms with Gasteiger partial charge in [0.2, 0.25) is 0 Å². The fraction of sp³-hybridized carbons (Fsp3) is 0.158. The molecule has 0 aliphatic rings. The molecule has 0 unspecified atom stereocenters. The first-order valence-electron chi connectivity index (χ1n) is 7.32.